The molecule has 2 amide bonds. The van der Waals surface area contributed by atoms with Crippen molar-refractivity contribution in [3.63, 3.8) is 0 Å². The van der Waals surface area contributed by atoms with Crippen LogP contribution in [0.2, 0.25) is 0 Å². The predicted molar refractivity (Wildman–Crippen MR) is 156 cm³/mol. The summed E-state index contributed by atoms with van der Waals surface area (Å²) in [6.45, 7) is 0.717. The second kappa shape index (κ2) is 10.7. The Morgan fingerprint density at radius 1 is 0.974 bits per heavy atom. The first-order valence-electron chi connectivity index (χ1n) is 13.6. The number of thiophene rings is 1. The third-order valence-electron chi connectivity index (χ3n) is 8.13. The van der Waals surface area contributed by atoms with Crippen molar-refractivity contribution in [2.45, 2.75) is 69.6 Å². The average Bonchev–Trinajstić information content (AvgIpc) is 3.50. The summed E-state index contributed by atoms with van der Waals surface area (Å²) < 4.78 is 4.09. The average molecular weight is 591 g/mol. The fraction of sp³-hybridized carbons (Fsp3) is 0.355. The van der Waals surface area contributed by atoms with E-state index in [0.717, 1.165) is 51.5 Å². The van der Waals surface area contributed by atoms with Crippen LogP contribution < -0.4 is 5.32 Å². The third-order valence-corrected chi connectivity index (χ3v) is 9.48. The fourth-order valence-corrected chi connectivity index (χ4v) is 7.44. The number of nitrogens with zero attached hydrogens (tertiary/aromatic N) is 2. The molecule has 196 valence electrons. The van der Waals surface area contributed by atoms with Gasteiger partial charge in [-0.15, -0.1) is 11.3 Å². The Bertz CT molecular complexity index is 1450. The molecule has 2 aliphatic rings. The first-order valence-corrected chi connectivity index (χ1v) is 15.2. The highest BCUT2D eigenvalue weighted by molar-refractivity contribution is 9.10. The summed E-state index contributed by atoms with van der Waals surface area (Å²) in [4.78, 5) is 30.9. The van der Waals surface area contributed by atoms with Crippen LogP contribution in [0.25, 0.3) is 10.2 Å². The molecule has 1 saturated carbocycles. The molecule has 2 aromatic carbocycles. The summed E-state index contributed by atoms with van der Waals surface area (Å²) in [6, 6.07) is 22.1. The van der Waals surface area contributed by atoms with Crippen LogP contribution in [0, 0.1) is 0 Å². The van der Waals surface area contributed by atoms with Crippen molar-refractivity contribution in [1.82, 2.24) is 14.8 Å². The van der Waals surface area contributed by atoms with Gasteiger partial charge in [-0.1, -0.05) is 90.5 Å². The molecular weight excluding hydrogens is 558 g/mol. The molecule has 1 unspecified atom stereocenters. The number of hydrogen-bond acceptors (Lipinski definition) is 3. The Hall–Kier alpha value is -2.90. The Balaban J connectivity index is 1.50. The topological polar surface area (TPSA) is 54.3 Å². The molecular formula is C31H32BrN3O2S. The van der Waals surface area contributed by atoms with Gasteiger partial charge in [0.15, 0.2) is 5.54 Å². The van der Waals surface area contributed by atoms with Gasteiger partial charge in [0.2, 0.25) is 0 Å². The molecule has 1 aliphatic carbocycles. The van der Waals surface area contributed by atoms with Gasteiger partial charge in [0.1, 0.15) is 5.69 Å². The van der Waals surface area contributed by atoms with E-state index in [-0.39, 0.29) is 17.9 Å². The number of carbonyl (C=O) groups is 2. The molecule has 38 heavy (non-hydrogen) atoms. The molecule has 0 spiro atoms. The monoisotopic (exact) mass is 589 g/mol. The van der Waals surface area contributed by atoms with Gasteiger partial charge in [-0.25, -0.2) is 0 Å². The smallest absolute Gasteiger partial charge is 0.272 e. The number of nitrogens with one attached hydrogen (secondary N) is 1. The van der Waals surface area contributed by atoms with E-state index < -0.39 is 5.54 Å². The van der Waals surface area contributed by atoms with Crippen molar-refractivity contribution >= 4 is 49.3 Å². The lowest BCUT2D eigenvalue weighted by atomic mass is 9.83. The Morgan fingerprint density at radius 3 is 2.50 bits per heavy atom. The molecule has 1 aliphatic heterocycles. The number of amides is 2. The number of carbonyl (C=O) groups excluding carboxylic acids is 2. The van der Waals surface area contributed by atoms with Crippen molar-refractivity contribution in [1.29, 1.82) is 0 Å². The molecule has 3 heterocycles. The molecule has 4 aromatic rings. The van der Waals surface area contributed by atoms with E-state index >= 15 is 0 Å². The van der Waals surface area contributed by atoms with Gasteiger partial charge >= 0.3 is 0 Å². The lowest BCUT2D eigenvalue weighted by molar-refractivity contribution is -0.136. The van der Waals surface area contributed by atoms with Crippen LogP contribution in [0.3, 0.4) is 0 Å². The summed E-state index contributed by atoms with van der Waals surface area (Å²) in [5, 5.41) is 5.51. The van der Waals surface area contributed by atoms with Crippen molar-refractivity contribution < 1.29 is 9.59 Å². The molecule has 0 bridgehead atoms. The van der Waals surface area contributed by atoms with Gasteiger partial charge in [0.05, 0.1) is 16.8 Å². The number of fused-ring (bicyclic) bond motifs is 3. The van der Waals surface area contributed by atoms with E-state index in [1.54, 1.807) is 11.3 Å². The largest absolute Gasteiger partial charge is 0.351 e. The zero-order valence-electron chi connectivity index (χ0n) is 21.4. The van der Waals surface area contributed by atoms with E-state index in [1.165, 1.54) is 19.3 Å². The Kier molecular flexibility index (Phi) is 7.14. The van der Waals surface area contributed by atoms with E-state index in [0.29, 0.717) is 18.8 Å². The van der Waals surface area contributed by atoms with Crippen LogP contribution in [-0.2, 0) is 23.4 Å². The molecule has 7 heteroatoms. The zero-order valence-corrected chi connectivity index (χ0v) is 23.8. The SMILES string of the molecule is O=C1c2cc3sccc3n2CC(C(=O)NC2CCCCCCC2)(c2ccccc2)N1Cc1cccc(Br)c1. The first kappa shape index (κ1) is 25.4. The predicted octanol–water partition coefficient (Wildman–Crippen LogP) is 7.25. The van der Waals surface area contributed by atoms with Crippen LogP contribution in [0.5, 0.6) is 0 Å². The van der Waals surface area contributed by atoms with Gasteiger partial charge in [-0.2, -0.15) is 0 Å². The standard InChI is InChI=1S/C31H32BrN3O2S/c32-24-13-9-10-22(18-24)20-35-29(36)27-19-28-26(16-17-38-28)34(27)21-31(35,23-11-5-4-6-12-23)30(37)33-25-14-7-2-1-3-8-15-25/h4-6,9-13,16-19,25H,1-3,7-8,14-15,20-21H2,(H,33,37). The summed E-state index contributed by atoms with van der Waals surface area (Å²) in [5.74, 6) is -0.198. The number of benzene rings is 2. The third kappa shape index (κ3) is 4.60. The highest BCUT2D eigenvalue weighted by atomic mass is 79.9. The van der Waals surface area contributed by atoms with Crippen molar-refractivity contribution in [2.75, 3.05) is 0 Å². The molecule has 1 N–H and O–H groups in total. The second-order valence-electron chi connectivity index (χ2n) is 10.5. The summed E-state index contributed by atoms with van der Waals surface area (Å²) in [5.41, 5.74) is 2.30. The minimum atomic E-state index is -1.18. The Labute approximate surface area is 236 Å². The number of halogens is 1. The first-order chi connectivity index (χ1) is 18.6. The molecule has 0 radical (unpaired) electrons. The van der Waals surface area contributed by atoms with E-state index in [4.69, 9.17) is 0 Å². The van der Waals surface area contributed by atoms with Crippen LogP contribution in [0.15, 0.2) is 76.6 Å². The number of hydrogen-bond donors (Lipinski definition) is 1. The maximum absolute atomic E-state index is 14.7. The number of aromatic nitrogens is 1. The lowest BCUT2D eigenvalue weighted by Gasteiger charge is -2.47. The van der Waals surface area contributed by atoms with Gasteiger partial charge in [0, 0.05) is 17.1 Å². The van der Waals surface area contributed by atoms with Gasteiger partial charge in [-0.3, -0.25) is 9.59 Å². The maximum atomic E-state index is 14.7. The molecule has 6 rings (SSSR count). The molecule has 1 fully saturated rings. The van der Waals surface area contributed by atoms with Gasteiger partial charge in [-0.05, 0) is 53.6 Å². The Morgan fingerprint density at radius 2 is 1.74 bits per heavy atom. The lowest BCUT2D eigenvalue weighted by Crippen LogP contribution is -2.64. The van der Waals surface area contributed by atoms with Crippen LogP contribution in [0.4, 0.5) is 0 Å². The van der Waals surface area contributed by atoms with E-state index in [2.05, 4.69) is 37.3 Å². The molecule has 0 saturated heterocycles. The summed E-state index contributed by atoms with van der Waals surface area (Å²) >= 11 is 5.21. The minimum absolute atomic E-state index is 0.0830. The highest BCUT2D eigenvalue weighted by Gasteiger charge is 2.52. The number of rotatable bonds is 5. The molecule has 1 atom stereocenters. The minimum Gasteiger partial charge on any atom is -0.351 e. The molecule has 2 aromatic heterocycles. The normalized spacial score (nSPS) is 20.7. The van der Waals surface area contributed by atoms with Crippen molar-refractivity contribution in [3.8, 4) is 0 Å². The highest BCUT2D eigenvalue weighted by Crippen LogP contribution is 2.41. The van der Waals surface area contributed by atoms with E-state index in [1.807, 2.05) is 65.6 Å². The second-order valence-corrected chi connectivity index (χ2v) is 12.4. The van der Waals surface area contributed by atoms with Crippen LogP contribution >= 0.6 is 27.3 Å². The maximum Gasteiger partial charge on any atom is 0.272 e. The summed E-state index contributed by atoms with van der Waals surface area (Å²) in [6.07, 6.45) is 7.93. The van der Waals surface area contributed by atoms with Gasteiger partial charge in [0.25, 0.3) is 11.8 Å². The zero-order chi connectivity index (χ0) is 26.1. The van der Waals surface area contributed by atoms with Crippen LogP contribution in [-0.4, -0.2) is 27.3 Å². The van der Waals surface area contributed by atoms with Crippen molar-refractivity contribution in [2.24, 2.45) is 0 Å². The molecule has 5 nitrogen and oxygen atoms in total. The van der Waals surface area contributed by atoms with E-state index in [9.17, 15) is 9.59 Å². The van der Waals surface area contributed by atoms with Crippen LogP contribution in [0.1, 0.15) is 66.6 Å². The van der Waals surface area contributed by atoms with Crippen molar-refractivity contribution in [3.05, 3.63) is 93.4 Å². The van der Waals surface area contributed by atoms with Gasteiger partial charge < -0.3 is 14.8 Å². The fourth-order valence-electron chi connectivity index (χ4n) is 6.17. The quantitative estimate of drug-likeness (QED) is 0.266. The summed E-state index contributed by atoms with van der Waals surface area (Å²) in [7, 11) is 0.